The lowest BCUT2D eigenvalue weighted by atomic mass is 10.0. The number of methoxy groups -OCH3 is 1. The molecule has 18 heavy (non-hydrogen) atoms. The number of hydrogen-bond acceptors (Lipinski definition) is 3. The van der Waals surface area contributed by atoms with E-state index >= 15 is 0 Å². The smallest absolute Gasteiger partial charge is 0.305 e. The summed E-state index contributed by atoms with van der Waals surface area (Å²) in [5.74, 6) is 0.465. The Morgan fingerprint density at radius 2 is 2.11 bits per heavy atom. The van der Waals surface area contributed by atoms with Crippen LogP contribution in [0.1, 0.15) is 31.7 Å². The molecule has 4 nitrogen and oxygen atoms in total. The van der Waals surface area contributed by atoms with Gasteiger partial charge in [-0.05, 0) is 29.7 Å². The maximum absolute atomic E-state index is 10.6. The van der Waals surface area contributed by atoms with E-state index in [9.17, 15) is 4.79 Å². The second-order valence-electron chi connectivity index (χ2n) is 4.65. The molecule has 0 heterocycles. The van der Waals surface area contributed by atoms with Crippen molar-refractivity contribution in [2.75, 3.05) is 25.6 Å². The lowest BCUT2D eigenvalue weighted by Crippen LogP contribution is -2.21. The van der Waals surface area contributed by atoms with Crippen LogP contribution in [0.4, 0.5) is 5.69 Å². The minimum absolute atomic E-state index is 0.138. The van der Waals surface area contributed by atoms with Crippen LogP contribution in [0.25, 0.3) is 0 Å². The van der Waals surface area contributed by atoms with Crippen LogP contribution in [0.3, 0.4) is 0 Å². The van der Waals surface area contributed by atoms with E-state index in [2.05, 4.69) is 19.9 Å². The van der Waals surface area contributed by atoms with Crippen LogP contribution in [0.15, 0.2) is 18.2 Å². The van der Waals surface area contributed by atoms with Crippen LogP contribution >= 0.6 is 0 Å². The monoisotopic (exact) mass is 251 g/mol. The van der Waals surface area contributed by atoms with Crippen molar-refractivity contribution in [3.8, 4) is 5.75 Å². The average molecular weight is 251 g/mol. The highest BCUT2D eigenvalue weighted by atomic mass is 16.5. The molecule has 0 unspecified atom stereocenters. The minimum atomic E-state index is -0.778. The number of hydrogen-bond donors (Lipinski definition) is 1. The van der Waals surface area contributed by atoms with E-state index in [0.29, 0.717) is 12.5 Å². The zero-order valence-electron chi connectivity index (χ0n) is 11.4. The van der Waals surface area contributed by atoms with E-state index in [4.69, 9.17) is 9.84 Å². The van der Waals surface area contributed by atoms with Crippen molar-refractivity contribution in [2.45, 2.75) is 26.2 Å². The fraction of sp³-hybridized carbons (Fsp3) is 0.500. The Morgan fingerprint density at radius 3 is 2.61 bits per heavy atom. The second-order valence-corrected chi connectivity index (χ2v) is 4.65. The molecule has 100 valence electrons. The highest BCUT2D eigenvalue weighted by molar-refractivity contribution is 5.67. The lowest BCUT2D eigenvalue weighted by Gasteiger charge is -2.21. The molecule has 0 bridgehead atoms. The molecule has 0 fully saturated rings. The highest BCUT2D eigenvalue weighted by Crippen LogP contribution is 2.30. The number of carbonyl (C=O) groups is 1. The molecule has 0 atom stereocenters. The van der Waals surface area contributed by atoms with E-state index in [1.54, 1.807) is 7.11 Å². The van der Waals surface area contributed by atoms with Gasteiger partial charge in [-0.2, -0.15) is 0 Å². The summed E-state index contributed by atoms with van der Waals surface area (Å²) in [7, 11) is 3.56. The lowest BCUT2D eigenvalue weighted by molar-refractivity contribution is -0.136. The number of carboxylic acids is 1. The van der Waals surface area contributed by atoms with Crippen LogP contribution in [0.5, 0.6) is 5.75 Å². The Balaban J connectivity index is 2.90. The Hall–Kier alpha value is -1.71. The molecular formula is C14H21NO3. The van der Waals surface area contributed by atoms with Crippen molar-refractivity contribution in [3.63, 3.8) is 0 Å². The number of ether oxygens (including phenoxy) is 1. The Bertz CT molecular complexity index is 416. The fourth-order valence-corrected chi connectivity index (χ4v) is 1.80. The third-order valence-electron chi connectivity index (χ3n) is 2.94. The van der Waals surface area contributed by atoms with Gasteiger partial charge in [-0.15, -0.1) is 0 Å². The standard InChI is InChI=1S/C14H21NO3/c1-10(2)12-9-11(5-6-13(12)18-4)15(3)8-7-14(16)17/h5-6,9-10H,7-8H2,1-4H3,(H,16,17). The van der Waals surface area contributed by atoms with E-state index in [-0.39, 0.29) is 6.42 Å². The topological polar surface area (TPSA) is 49.8 Å². The number of rotatable bonds is 6. The summed E-state index contributed by atoms with van der Waals surface area (Å²) in [5.41, 5.74) is 2.15. The quantitative estimate of drug-likeness (QED) is 0.844. The minimum Gasteiger partial charge on any atom is -0.496 e. The Morgan fingerprint density at radius 1 is 1.44 bits per heavy atom. The van der Waals surface area contributed by atoms with Crippen LogP contribution in [0, 0.1) is 0 Å². The molecule has 0 aromatic heterocycles. The van der Waals surface area contributed by atoms with Crippen molar-refractivity contribution < 1.29 is 14.6 Å². The number of nitrogens with zero attached hydrogens (tertiary/aromatic N) is 1. The van der Waals surface area contributed by atoms with Gasteiger partial charge in [-0.25, -0.2) is 0 Å². The third kappa shape index (κ3) is 3.65. The summed E-state index contributed by atoms with van der Waals surface area (Å²) in [4.78, 5) is 12.5. The van der Waals surface area contributed by atoms with E-state index < -0.39 is 5.97 Å². The molecule has 1 aromatic rings. The molecular weight excluding hydrogens is 230 g/mol. The molecule has 0 saturated heterocycles. The molecule has 0 saturated carbocycles. The SMILES string of the molecule is COc1ccc(N(C)CCC(=O)O)cc1C(C)C. The molecule has 0 aliphatic rings. The second kappa shape index (κ2) is 6.28. The number of anilines is 1. The van der Waals surface area contributed by atoms with Gasteiger partial charge >= 0.3 is 5.97 Å². The van der Waals surface area contributed by atoms with Crippen molar-refractivity contribution in [1.29, 1.82) is 0 Å². The maximum atomic E-state index is 10.6. The summed E-state index contributed by atoms with van der Waals surface area (Å²) >= 11 is 0. The molecule has 0 aliphatic heterocycles. The number of carboxylic acid groups (broad SMARTS) is 1. The van der Waals surface area contributed by atoms with Crippen LogP contribution in [0.2, 0.25) is 0 Å². The van der Waals surface area contributed by atoms with Gasteiger partial charge in [0.2, 0.25) is 0 Å². The van der Waals surface area contributed by atoms with Gasteiger partial charge in [0.1, 0.15) is 5.75 Å². The average Bonchev–Trinajstić information content (AvgIpc) is 2.34. The van der Waals surface area contributed by atoms with E-state index in [1.807, 2.05) is 24.1 Å². The van der Waals surface area contributed by atoms with Crippen LogP contribution in [-0.4, -0.2) is 31.8 Å². The molecule has 1 aromatic carbocycles. The predicted octanol–water partition coefficient (Wildman–Crippen LogP) is 2.73. The van der Waals surface area contributed by atoms with Gasteiger partial charge in [0.25, 0.3) is 0 Å². The van der Waals surface area contributed by atoms with Crippen molar-refractivity contribution in [2.24, 2.45) is 0 Å². The first-order valence-corrected chi connectivity index (χ1v) is 6.06. The number of aliphatic carboxylic acids is 1. The molecule has 0 radical (unpaired) electrons. The maximum Gasteiger partial charge on any atom is 0.305 e. The van der Waals surface area contributed by atoms with Gasteiger partial charge in [-0.3, -0.25) is 4.79 Å². The summed E-state index contributed by atoms with van der Waals surface area (Å²) in [6.07, 6.45) is 0.138. The highest BCUT2D eigenvalue weighted by Gasteiger charge is 2.11. The Labute approximate surface area is 108 Å². The van der Waals surface area contributed by atoms with Crippen molar-refractivity contribution in [3.05, 3.63) is 23.8 Å². The van der Waals surface area contributed by atoms with E-state index in [0.717, 1.165) is 17.0 Å². The third-order valence-corrected chi connectivity index (χ3v) is 2.94. The first-order valence-electron chi connectivity index (χ1n) is 6.06. The fourth-order valence-electron chi connectivity index (χ4n) is 1.80. The zero-order chi connectivity index (χ0) is 13.7. The molecule has 1 N–H and O–H groups in total. The van der Waals surface area contributed by atoms with Crippen molar-refractivity contribution >= 4 is 11.7 Å². The molecule has 0 spiro atoms. The van der Waals surface area contributed by atoms with Crippen LogP contribution in [-0.2, 0) is 4.79 Å². The molecule has 0 amide bonds. The van der Waals surface area contributed by atoms with Gasteiger partial charge in [0.05, 0.1) is 13.5 Å². The first-order chi connectivity index (χ1) is 8.45. The van der Waals surface area contributed by atoms with Crippen molar-refractivity contribution in [1.82, 2.24) is 0 Å². The summed E-state index contributed by atoms with van der Waals surface area (Å²) in [5, 5.41) is 8.69. The van der Waals surface area contributed by atoms with Gasteiger partial charge in [-0.1, -0.05) is 13.8 Å². The van der Waals surface area contributed by atoms with E-state index in [1.165, 1.54) is 0 Å². The summed E-state index contributed by atoms with van der Waals surface area (Å²) < 4.78 is 5.33. The predicted molar refractivity (Wildman–Crippen MR) is 72.6 cm³/mol. The summed E-state index contributed by atoms with van der Waals surface area (Å²) in [6, 6.07) is 5.94. The largest absolute Gasteiger partial charge is 0.496 e. The zero-order valence-corrected chi connectivity index (χ0v) is 11.4. The Kier molecular flexibility index (Phi) is 5.01. The summed E-state index contributed by atoms with van der Waals surface area (Å²) in [6.45, 7) is 4.72. The van der Waals surface area contributed by atoms with Gasteiger partial charge in [0.15, 0.2) is 0 Å². The van der Waals surface area contributed by atoms with Crippen LogP contribution < -0.4 is 9.64 Å². The van der Waals surface area contributed by atoms with Gasteiger partial charge in [0, 0.05) is 19.3 Å². The normalized spacial score (nSPS) is 10.5. The molecule has 0 aliphatic carbocycles. The molecule has 1 rings (SSSR count). The van der Waals surface area contributed by atoms with Gasteiger partial charge < -0.3 is 14.7 Å². The number of benzene rings is 1. The molecule has 4 heteroatoms. The first kappa shape index (κ1) is 14.4.